The summed E-state index contributed by atoms with van der Waals surface area (Å²) in [5, 5.41) is 9.34. The Hall–Kier alpha value is -1.51. The Morgan fingerprint density at radius 3 is 3.00 bits per heavy atom. The van der Waals surface area contributed by atoms with Gasteiger partial charge in [0.15, 0.2) is 0 Å². The minimum atomic E-state index is -0.188. The second-order valence-corrected chi connectivity index (χ2v) is 3.82. The van der Waals surface area contributed by atoms with Gasteiger partial charge in [-0.25, -0.2) is 0 Å². The first kappa shape index (κ1) is 10.0. The third-order valence-electron chi connectivity index (χ3n) is 2.61. The number of carbonyl (C=O) groups excluding carboxylic acids is 1. The van der Waals surface area contributed by atoms with Crippen LogP contribution in [0.4, 0.5) is 0 Å². The molecule has 1 atom stereocenters. The van der Waals surface area contributed by atoms with E-state index in [9.17, 15) is 9.90 Å². The standard InChI is InChI=1S/C12H14O3/c13-10-5-3-4-9(8-10)11-6-1-2-7-12(14)15-11/h3-5,8,11,13H,1-2,6-7H2. The van der Waals surface area contributed by atoms with E-state index in [1.54, 1.807) is 18.2 Å². The van der Waals surface area contributed by atoms with Crippen molar-refractivity contribution in [2.24, 2.45) is 0 Å². The number of ether oxygens (including phenoxy) is 1. The molecular weight excluding hydrogens is 192 g/mol. The molecule has 2 rings (SSSR count). The van der Waals surface area contributed by atoms with Gasteiger partial charge in [-0.2, -0.15) is 0 Å². The fourth-order valence-electron chi connectivity index (χ4n) is 1.84. The van der Waals surface area contributed by atoms with Crippen LogP contribution < -0.4 is 0 Å². The van der Waals surface area contributed by atoms with E-state index in [1.807, 2.05) is 6.07 Å². The van der Waals surface area contributed by atoms with Gasteiger partial charge in [-0.1, -0.05) is 12.1 Å². The average Bonchev–Trinajstić information content (AvgIpc) is 2.43. The van der Waals surface area contributed by atoms with Crippen LogP contribution in [0.3, 0.4) is 0 Å². The smallest absolute Gasteiger partial charge is 0.306 e. The second kappa shape index (κ2) is 4.34. The summed E-state index contributed by atoms with van der Waals surface area (Å²) in [6, 6.07) is 6.91. The van der Waals surface area contributed by atoms with Crippen molar-refractivity contribution in [3.05, 3.63) is 29.8 Å². The Balaban J connectivity index is 2.18. The van der Waals surface area contributed by atoms with Crippen molar-refractivity contribution in [2.75, 3.05) is 0 Å². The van der Waals surface area contributed by atoms with E-state index in [4.69, 9.17) is 4.74 Å². The van der Waals surface area contributed by atoms with Crippen LogP contribution >= 0.6 is 0 Å². The number of aromatic hydroxyl groups is 1. The third-order valence-corrected chi connectivity index (χ3v) is 2.61. The van der Waals surface area contributed by atoms with Crippen molar-refractivity contribution < 1.29 is 14.6 Å². The van der Waals surface area contributed by atoms with E-state index >= 15 is 0 Å². The molecule has 0 bridgehead atoms. The quantitative estimate of drug-likeness (QED) is 0.718. The van der Waals surface area contributed by atoms with E-state index in [1.165, 1.54) is 0 Å². The normalized spacial score (nSPS) is 21.9. The van der Waals surface area contributed by atoms with E-state index in [0.717, 1.165) is 24.8 Å². The molecule has 0 aromatic heterocycles. The van der Waals surface area contributed by atoms with Crippen LogP contribution in [-0.4, -0.2) is 11.1 Å². The molecule has 1 heterocycles. The average molecular weight is 206 g/mol. The minimum Gasteiger partial charge on any atom is -0.508 e. The first-order valence-corrected chi connectivity index (χ1v) is 5.24. The number of esters is 1. The number of rotatable bonds is 1. The molecule has 1 saturated heterocycles. The SMILES string of the molecule is O=C1CCCCC(c2cccc(O)c2)O1. The summed E-state index contributed by atoms with van der Waals surface area (Å²) in [4.78, 5) is 11.3. The molecule has 1 aromatic carbocycles. The zero-order valence-corrected chi connectivity index (χ0v) is 8.48. The van der Waals surface area contributed by atoms with Crippen molar-refractivity contribution in [3.8, 4) is 5.75 Å². The molecular formula is C12H14O3. The van der Waals surface area contributed by atoms with E-state index < -0.39 is 0 Å². The number of phenolic OH excluding ortho intramolecular Hbond substituents is 1. The number of hydrogen-bond donors (Lipinski definition) is 1. The molecule has 1 aliphatic heterocycles. The van der Waals surface area contributed by atoms with Crippen LogP contribution in [0.15, 0.2) is 24.3 Å². The fraction of sp³-hybridized carbons (Fsp3) is 0.417. The first-order valence-electron chi connectivity index (χ1n) is 5.24. The summed E-state index contributed by atoms with van der Waals surface area (Å²) < 4.78 is 5.30. The number of cyclic esters (lactones) is 1. The second-order valence-electron chi connectivity index (χ2n) is 3.82. The lowest BCUT2D eigenvalue weighted by Gasteiger charge is -2.15. The van der Waals surface area contributed by atoms with Gasteiger partial charge in [0.05, 0.1) is 0 Å². The zero-order valence-electron chi connectivity index (χ0n) is 8.48. The van der Waals surface area contributed by atoms with Crippen LogP contribution in [0, 0.1) is 0 Å². The highest BCUT2D eigenvalue weighted by Gasteiger charge is 2.20. The first-order chi connectivity index (χ1) is 7.25. The van der Waals surface area contributed by atoms with Crippen molar-refractivity contribution in [1.29, 1.82) is 0 Å². The van der Waals surface area contributed by atoms with Crippen LogP contribution in [-0.2, 0) is 9.53 Å². The summed E-state index contributed by atoms with van der Waals surface area (Å²) in [5.41, 5.74) is 0.880. The molecule has 1 aromatic rings. The van der Waals surface area contributed by atoms with Crippen molar-refractivity contribution in [2.45, 2.75) is 31.8 Å². The molecule has 1 fully saturated rings. The summed E-state index contributed by atoms with van der Waals surface area (Å²) in [6.45, 7) is 0. The van der Waals surface area contributed by atoms with E-state index in [2.05, 4.69) is 0 Å². The molecule has 80 valence electrons. The Morgan fingerprint density at radius 2 is 2.20 bits per heavy atom. The largest absolute Gasteiger partial charge is 0.508 e. The Labute approximate surface area is 88.7 Å². The molecule has 15 heavy (non-hydrogen) atoms. The molecule has 0 saturated carbocycles. The molecule has 0 spiro atoms. The molecule has 1 N–H and O–H groups in total. The summed E-state index contributed by atoms with van der Waals surface area (Å²) in [6.07, 6.45) is 3.05. The number of benzene rings is 1. The molecule has 1 unspecified atom stereocenters. The van der Waals surface area contributed by atoms with Gasteiger partial charge >= 0.3 is 5.97 Å². The molecule has 0 amide bonds. The van der Waals surface area contributed by atoms with Gasteiger partial charge < -0.3 is 9.84 Å². The summed E-state index contributed by atoms with van der Waals surface area (Å²) >= 11 is 0. The lowest BCUT2D eigenvalue weighted by atomic mass is 10.0. The maximum absolute atomic E-state index is 11.3. The maximum Gasteiger partial charge on any atom is 0.306 e. The predicted molar refractivity (Wildman–Crippen MR) is 55.4 cm³/mol. The maximum atomic E-state index is 11.3. The number of carbonyl (C=O) groups is 1. The fourth-order valence-corrected chi connectivity index (χ4v) is 1.84. The van der Waals surface area contributed by atoms with Gasteiger partial charge in [-0.3, -0.25) is 4.79 Å². The highest BCUT2D eigenvalue weighted by atomic mass is 16.5. The lowest BCUT2D eigenvalue weighted by molar-refractivity contribution is -0.148. The van der Waals surface area contributed by atoms with Gasteiger partial charge in [0, 0.05) is 6.42 Å². The number of phenols is 1. The van der Waals surface area contributed by atoms with Crippen LogP contribution in [0.5, 0.6) is 5.75 Å². The topological polar surface area (TPSA) is 46.5 Å². The Kier molecular flexibility index (Phi) is 2.90. The highest BCUT2D eigenvalue weighted by molar-refractivity contribution is 5.69. The van der Waals surface area contributed by atoms with Gasteiger partial charge in [0.2, 0.25) is 0 Å². The van der Waals surface area contributed by atoms with Crippen LogP contribution in [0.25, 0.3) is 0 Å². The van der Waals surface area contributed by atoms with Gasteiger partial charge in [0.25, 0.3) is 0 Å². The predicted octanol–water partition coefficient (Wildman–Crippen LogP) is 2.55. The zero-order chi connectivity index (χ0) is 10.7. The molecule has 1 aliphatic rings. The lowest BCUT2D eigenvalue weighted by Crippen LogP contribution is -2.07. The minimum absolute atomic E-state index is 0.138. The van der Waals surface area contributed by atoms with Crippen LogP contribution in [0.1, 0.15) is 37.4 Å². The molecule has 0 aliphatic carbocycles. The molecule has 3 nitrogen and oxygen atoms in total. The van der Waals surface area contributed by atoms with Crippen molar-refractivity contribution in [3.63, 3.8) is 0 Å². The monoisotopic (exact) mass is 206 g/mol. The van der Waals surface area contributed by atoms with Gasteiger partial charge in [-0.15, -0.1) is 0 Å². The van der Waals surface area contributed by atoms with Crippen molar-refractivity contribution >= 4 is 5.97 Å². The Morgan fingerprint density at radius 1 is 1.33 bits per heavy atom. The summed E-state index contributed by atoms with van der Waals surface area (Å²) in [7, 11) is 0. The number of hydrogen-bond acceptors (Lipinski definition) is 3. The van der Waals surface area contributed by atoms with Crippen molar-refractivity contribution in [1.82, 2.24) is 0 Å². The van der Waals surface area contributed by atoms with Gasteiger partial charge in [-0.05, 0) is 37.0 Å². The summed E-state index contributed by atoms with van der Waals surface area (Å²) in [5.74, 6) is 0.0774. The third kappa shape index (κ3) is 2.49. The molecule has 3 heteroatoms. The Bertz CT molecular complexity index is 360. The van der Waals surface area contributed by atoms with E-state index in [-0.39, 0.29) is 17.8 Å². The highest BCUT2D eigenvalue weighted by Crippen LogP contribution is 2.29. The van der Waals surface area contributed by atoms with Crippen LogP contribution in [0.2, 0.25) is 0 Å². The molecule has 0 radical (unpaired) electrons. The van der Waals surface area contributed by atoms with E-state index in [0.29, 0.717) is 6.42 Å². The van der Waals surface area contributed by atoms with Gasteiger partial charge in [0.1, 0.15) is 11.9 Å².